The number of aliphatic carboxylic acids is 1. The Bertz CT molecular complexity index is 475. The lowest BCUT2D eigenvalue weighted by atomic mass is 9.89. The molecule has 1 N–H and O–H groups in total. The number of carboxylic acids is 1. The fraction of sp³-hybridized carbons (Fsp3) is 0.571. The summed E-state index contributed by atoms with van der Waals surface area (Å²) in [5, 5.41) is 9.22. The van der Waals surface area contributed by atoms with E-state index in [-0.39, 0.29) is 12.0 Å². The molecule has 4 nitrogen and oxygen atoms in total. The van der Waals surface area contributed by atoms with Gasteiger partial charge in [-0.05, 0) is 37.3 Å². The monoisotopic (exact) mass is 246 g/mol. The fourth-order valence-corrected chi connectivity index (χ4v) is 3.53. The van der Waals surface area contributed by atoms with Gasteiger partial charge in [0.05, 0.1) is 5.92 Å². The molecule has 0 spiro atoms. The van der Waals surface area contributed by atoms with Gasteiger partial charge in [0.2, 0.25) is 0 Å². The highest BCUT2D eigenvalue weighted by Crippen LogP contribution is 2.42. The molecule has 0 radical (unpaired) electrons. The summed E-state index contributed by atoms with van der Waals surface area (Å²) in [4.78, 5) is 17.8. The maximum absolute atomic E-state index is 11.2. The molecule has 2 bridgehead atoms. The quantitative estimate of drug-likeness (QED) is 0.884. The zero-order valence-corrected chi connectivity index (χ0v) is 10.5. The summed E-state index contributed by atoms with van der Waals surface area (Å²) >= 11 is 0. The molecular weight excluding hydrogens is 228 g/mol. The van der Waals surface area contributed by atoms with Crippen LogP contribution in [0.4, 0.5) is 0 Å². The van der Waals surface area contributed by atoms with Crippen molar-refractivity contribution in [3.05, 3.63) is 29.6 Å². The standard InChI is InChI=1S/C14H18N2O2/c1-9-4-10(7-15-6-9)8-16-11-2-3-13(16)12(5-11)14(17)18/h4,6-7,11-13H,2-3,5,8H2,1H3,(H,17,18). The van der Waals surface area contributed by atoms with Crippen LogP contribution in [0.15, 0.2) is 18.5 Å². The molecular formula is C14H18N2O2. The van der Waals surface area contributed by atoms with E-state index in [9.17, 15) is 9.90 Å². The van der Waals surface area contributed by atoms with Crippen LogP contribution >= 0.6 is 0 Å². The summed E-state index contributed by atoms with van der Waals surface area (Å²) in [5.41, 5.74) is 2.35. The number of rotatable bonds is 3. The van der Waals surface area contributed by atoms with Gasteiger partial charge >= 0.3 is 5.97 Å². The highest BCUT2D eigenvalue weighted by Gasteiger charge is 2.48. The zero-order chi connectivity index (χ0) is 12.7. The number of fused-ring (bicyclic) bond motifs is 2. The van der Waals surface area contributed by atoms with Crippen LogP contribution in [0.2, 0.25) is 0 Å². The Kier molecular flexibility index (Phi) is 2.82. The van der Waals surface area contributed by atoms with Crippen LogP contribution < -0.4 is 0 Å². The summed E-state index contributed by atoms with van der Waals surface area (Å²) in [5.74, 6) is -0.795. The van der Waals surface area contributed by atoms with Crippen molar-refractivity contribution in [1.29, 1.82) is 0 Å². The predicted octanol–water partition coefficient (Wildman–Crippen LogP) is 1.83. The molecule has 2 aliphatic heterocycles. The molecule has 1 aromatic heterocycles. The number of nitrogens with zero attached hydrogens (tertiary/aromatic N) is 2. The van der Waals surface area contributed by atoms with E-state index in [1.807, 2.05) is 19.3 Å². The third-order valence-corrected chi connectivity index (χ3v) is 4.30. The molecule has 2 aliphatic rings. The Morgan fingerprint density at radius 3 is 3.00 bits per heavy atom. The van der Waals surface area contributed by atoms with Gasteiger partial charge in [0.1, 0.15) is 0 Å². The lowest BCUT2D eigenvalue weighted by Gasteiger charge is -2.22. The lowest BCUT2D eigenvalue weighted by Crippen LogP contribution is -2.32. The maximum Gasteiger partial charge on any atom is 0.308 e. The molecule has 0 amide bonds. The van der Waals surface area contributed by atoms with Crippen molar-refractivity contribution < 1.29 is 9.90 Å². The summed E-state index contributed by atoms with van der Waals surface area (Å²) in [7, 11) is 0. The van der Waals surface area contributed by atoms with Crippen LogP contribution in [0, 0.1) is 12.8 Å². The van der Waals surface area contributed by atoms with Crippen molar-refractivity contribution in [1.82, 2.24) is 9.88 Å². The zero-order valence-electron chi connectivity index (χ0n) is 10.5. The van der Waals surface area contributed by atoms with E-state index in [0.717, 1.165) is 31.4 Å². The fourth-order valence-electron chi connectivity index (χ4n) is 3.53. The minimum Gasteiger partial charge on any atom is -0.481 e. The Morgan fingerprint density at radius 1 is 1.50 bits per heavy atom. The Balaban J connectivity index is 1.76. The Morgan fingerprint density at radius 2 is 2.33 bits per heavy atom. The molecule has 0 aromatic carbocycles. The van der Waals surface area contributed by atoms with Crippen LogP contribution in [0.25, 0.3) is 0 Å². The minimum absolute atomic E-state index is 0.165. The Hall–Kier alpha value is -1.42. The van der Waals surface area contributed by atoms with Crippen LogP contribution in [0.1, 0.15) is 30.4 Å². The number of hydrogen-bond donors (Lipinski definition) is 1. The second kappa shape index (κ2) is 4.35. The topological polar surface area (TPSA) is 53.4 Å². The van der Waals surface area contributed by atoms with E-state index in [2.05, 4.69) is 16.0 Å². The molecule has 96 valence electrons. The first-order valence-electron chi connectivity index (χ1n) is 6.54. The molecule has 3 atom stereocenters. The molecule has 0 saturated carbocycles. The van der Waals surface area contributed by atoms with Gasteiger partial charge in [-0.3, -0.25) is 14.7 Å². The first-order valence-corrected chi connectivity index (χ1v) is 6.54. The summed E-state index contributed by atoms with van der Waals surface area (Å²) in [6, 6.07) is 2.82. The van der Waals surface area contributed by atoms with Gasteiger partial charge in [-0.25, -0.2) is 0 Å². The largest absolute Gasteiger partial charge is 0.481 e. The molecule has 1 aromatic rings. The van der Waals surface area contributed by atoms with Gasteiger partial charge in [0.25, 0.3) is 0 Å². The van der Waals surface area contributed by atoms with Gasteiger partial charge in [0, 0.05) is 31.0 Å². The highest BCUT2D eigenvalue weighted by atomic mass is 16.4. The number of aromatic nitrogens is 1. The van der Waals surface area contributed by atoms with Crippen molar-refractivity contribution in [3.8, 4) is 0 Å². The summed E-state index contributed by atoms with van der Waals surface area (Å²) < 4.78 is 0. The Labute approximate surface area is 107 Å². The van der Waals surface area contributed by atoms with Crippen LogP contribution in [0.3, 0.4) is 0 Å². The number of carbonyl (C=O) groups is 1. The molecule has 3 unspecified atom stereocenters. The van der Waals surface area contributed by atoms with E-state index in [1.165, 1.54) is 5.56 Å². The van der Waals surface area contributed by atoms with Gasteiger partial charge in [-0.15, -0.1) is 0 Å². The van der Waals surface area contributed by atoms with Crippen LogP contribution in [0.5, 0.6) is 0 Å². The molecule has 0 aliphatic carbocycles. The third-order valence-electron chi connectivity index (χ3n) is 4.30. The molecule has 3 rings (SSSR count). The normalized spacial score (nSPS) is 30.8. The minimum atomic E-state index is -0.630. The molecule has 4 heteroatoms. The van der Waals surface area contributed by atoms with Crippen LogP contribution in [-0.2, 0) is 11.3 Å². The third kappa shape index (κ3) is 1.90. The lowest BCUT2D eigenvalue weighted by molar-refractivity contribution is -0.142. The van der Waals surface area contributed by atoms with Crippen molar-refractivity contribution in [2.45, 2.75) is 44.8 Å². The SMILES string of the molecule is Cc1cncc(CN2C3CCC2C(C(=O)O)C3)c1. The highest BCUT2D eigenvalue weighted by molar-refractivity contribution is 5.71. The molecule has 18 heavy (non-hydrogen) atoms. The first-order chi connectivity index (χ1) is 8.65. The van der Waals surface area contributed by atoms with E-state index >= 15 is 0 Å². The van der Waals surface area contributed by atoms with Crippen LogP contribution in [-0.4, -0.2) is 33.0 Å². The van der Waals surface area contributed by atoms with E-state index in [0.29, 0.717) is 6.04 Å². The molecule has 3 heterocycles. The second-order valence-electron chi connectivity index (χ2n) is 5.52. The molecule has 2 saturated heterocycles. The smallest absolute Gasteiger partial charge is 0.308 e. The summed E-state index contributed by atoms with van der Waals surface area (Å²) in [6.07, 6.45) is 6.73. The predicted molar refractivity (Wildman–Crippen MR) is 67.1 cm³/mol. The number of carboxylic acid groups (broad SMARTS) is 1. The van der Waals surface area contributed by atoms with Gasteiger partial charge < -0.3 is 5.11 Å². The average molecular weight is 246 g/mol. The van der Waals surface area contributed by atoms with Crippen molar-refractivity contribution in [2.24, 2.45) is 5.92 Å². The number of aryl methyl sites for hydroxylation is 1. The molecule has 2 fully saturated rings. The average Bonchev–Trinajstić information content (AvgIpc) is 2.86. The first kappa shape index (κ1) is 11.7. The second-order valence-corrected chi connectivity index (χ2v) is 5.52. The van der Waals surface area contributed by atoms with Crippen molar-refractivity contribution >= 4 is 5.97 Å². The summed E-state index contributed by atoms with van der Waals surface area (Å²) in [6.45, 7) is 2.88. The van der Waals surface area contributed by atoms with Crippen molar-refractivity contribution in [2.75, 3.05) is 0 Å². The van der Waals surface area contributed by atoms with Gasteiger partial charge in [0.15, 0.2) is 0 Å². The van der Waals surface area contributed by atoms with E-state index in [4.69, 9.17) is 0 Å². The van der Waals surface area contributed by atoms with Gasteiger partial charge in [-0.1, -0.05) is 6.07 Å². The number of hydrogen-bond acceptors (Lipinski definition) is 3. The van der Waals surface area contributed by atoms with Crippen molar-refractivity contribution in [3.63, 3.8) is 0 Å². The van der Waals surface area contributed by atoms with Gasteiger partial charge in [-0.2, -0.15) is 0 Å². The number of pyridine rings is 1. The van der Waals surface area contributed by atoms with E-state index < -0.39 is 5.97 Å². The van der Waals surface area contributed by atoms with E-state index in [1.54, 1.807) is 0 Å². The maximum atomic E-state index is 11.2.